The summed E-state index contributed by atoms with van der Waals surface area (Å²) in [6.07, 6.45) is 8.00. The van der Waals surface area contributed by atoms with E-state index in [1.54, 1.807) is 0 Å². The lowest BCUT2D eigenvalue weighted by Crippen LogP contribution is -2.54. The smallest absolute Gasteiger partial charge is 0.0474 e. The van der Waals surface area contributed by atoms with E-state index in [-0.39, 0.29) is 0 Å². The van der Waals surface area contributed by atoms with Crippen molar-refractivity contribution in [3.05, 3.63) is 35.9 Å². The molecule has 2 unspecified atom stereocenters. The highest BCUT2D eigenvalue weighted by atomic mass is 32.2. The number of nitrogens with zero attached hydrogens (tertiary/aromatic N) is 1. The first-order valence-electron chi connectivity index (χ1n) is 8.37. The first-order valence-corrected chi connectivity index (χ1v) is 9.60. The predicted molar refractivity (Wildman–Crippen MR) is 90.8 cm³/mol. The molecule has 21 heavy (non-hydrogen) atoms. The molecule has 1 aromatic rings. The molecule has 4 rings (SSSR count). The molecule has 2 atom stereocenters. The second kappa shape index (κ2) is 5.60. The van der Waals surface area contributed by atoms with Crippen LogP contribution in [0.4, 0.5) is 0 Å². The molecule has 1 N–H and O–H groups in total. The molecule has 0 radical (unpaired) electrons. The standard InChI is InChI=1S/C18H26N2S/c1-21-18(9-10-18)13-20-12-16(14-7-8-14)19-11-17(20)15-5-3-2-4-6-15/h2-6,14,16-17,19H,7-13H2,1H3. The van der Waals surface area contributed by atoms with E-state index in [4.69, 9.17) is 0 Å². The molecule has 1 aliphatic heterocycles. The van der Waals surface area contributed by atoms with Gasteiger partial charge in [0, 0.05) is 36.5 Å². The summed E-state index contributed by atoms with van der Waals surface area (Å²) in [6, 6.07) is 12.4. The molecular weight excluding hydrogens is 276 g/mol. The van der Waals surface area contributed by atoms with Crippen LogP contribution in [0.5, 0.6) is 0 Å². The van der Waals surface area contributed by atoms with Gasteiger partial charge in [0.2, 0.25) is 0 Å². The fraction of sp³-hybridized carbons (Fsp3) is 0.667. The minimum Gasteiger partial charge on any atom is -0.311 e. The summed E-state index contributed by atoms with van der Waals surface area (Å²) >= 11 is 2.09. The van der Waals surface area contributed by atoms with E-state index >= 15 is 0 Å². The van der Waals surface area contributed by atoms with Crippen LogP contribution < -0.4 is 5.32 Å². The molecule has 3 heteroatoms. The van der Waals surface area contributed by atoms with Gasteiger partial charge in [-0.05, 0) is 43.4 Å². The van der Waals surface area contributed by atoms with Crippen molar-refractivity contribution < 1.29 is 0 Å². The molecule has 1 saturated heterocycles. The zero-order chi connectivity index (χ0) is 14.3. The van der Waals surface area contributed by atoms with Crippen LogP contribution in [0.25, 0.3) is 0 Å². The molecule has 2 nitrogen and oxygen atoms in total. The van der Waals surface area contributed by atoms with Gasteiger partial charge < -0.3 is 5.32 Å². The Balaban J connectivity index is 1.52. The Morgan fingerprint density at radius 3 is 2.62 bits per heavy atom. The zero-order valence-electron chi connectivity index (χ0n) is 12.9. The Morgan fingerprint density at radius 1 is 1.24 bits per heavy atom. The Bertz CT molecular complexity index is 481. The van der Waals surface area contributed by atoms with Crippen LogP contribution in [0.2, 0.25) is 0 Å². The summed E-state index contributed by atoms with van der Waals surface area (Å²) in [5.41, 5.74) is 1.48. The molecule has 3 aliphatic rings. The van der Waals surface area contributed by atoms with Crippen LogP contribution in [-0.2, 0) is 0 Å². The quantitative estimate of drug-likeness (QED) is 0.898. The molecule has 0 amide bonds. The number of nitrogens with one attached hydrogen (secondary N) is 1. The van der Waals surface area contributed by atoms with E-state index < -0.39 is 0 Å². The van der Waals surface area contributed by atoms with Crippen LogP contribution in [0.3, 0.4) is 0 Å². The highest BCUT2D eigenvalue weighted by Crippen LogP contribution is 2.49. The van der Waals surface area contributed by atoms with Gasteiger partial charge in [0.25, 0.3) is 0 Å². The maximum absolute atomic E-state index is 3.84. The molecule has 0 aromatic heterocycles. The Labute approximate surface area is 132 Å². The summed E-state index contributed by atoms with van der Waals surface area (Å²) in [7, 11) is 0. The Morgan fingerprint density at radius 2 is 2.00 bits per heavy atom. The largest absolute Gasteiger partial charge is 0.311 e. The van der Waals surface area contributed by atoms with Crippen LogP contribution in [0.1, 0.15) is 37.3 Å². The fourth-order valence-electron chi connectivity index (χ4n) is 3.77. The SMILES string of the molecule is CSC1(CN2CC(C3CC3)NCC2c2ccccc2)CC1. The van der Waals surface area contributed by atoms with Crippen LogP contribution in [0.15, 0.2) is 30.3 Å². The first-order chi connectivity index (χ1) is 10.3. The van der Waals surface area contributed by atoms with Gasteiger partial charge in [-0.15, -0.1) is 0 Å². The van der Waals surface area contributed by atoms with Gasteiger partial charge in [0.1, 0.15) is 0 Å². The summed E-state index contributed by atoms with van der Waals surface area (Å²) < 4.78 is 0.568. The van der Waals surface area contributed by atoms with Crippen LogP contribution >= 0.6 is 11.8 Å². The molecular formula is C18H26N2S. The van der Waals surface area contributed by atoms with Crippen molar-refractivity contribution in [1.29, 1.82) is 0 Å². The Kier molecular flexibility index (Phi) is 3.76. The molecule has 114 valence electrons. The third-order valence-corrected chi connectivity index (χ3v) is 6.96. The van der Waals surface area contributed by atoms with E-state index in [1.807, 2.05) is 0 Å². The maximum atomic E-state index is 3.84. The lowest BCUT2D eigenvalue weighted by molar-refractivity contribution is 0.121. The van der Waals surface area contributed by atoms with Gasteiger partial charge in [-0.3, -0.25) is 4.90 Å². The summed E-state index contributed by atoms with van der Waals surface area (Å²) in [5.74, 6) is 0.952. The second-order valence-electron chi connectivity index (χ2n) is 7.10. The average Bonchev–Trinajstić information content (AvgIpc) is 3.43. The molecule has 2 aliphatic carbocycles. The van der Waals surface area contributed by atoms with E-state index in [1.165, 1.54) is 44.3 Å². The normalized spacial score (nSPS) is 32.0. The molecule has 0 spiro atoms. The molecule has 1 aromatic carbocycles. The van der Waals surface area contributed by atoms with E-state index in [9.17, 15) is 0 Å². The van der Waals surface area contributed by atoms with Crippen molar-refractivity contribution in [2.45, 2.75) is 42.5 Å². The summed E-state index contributed by atoms with van der Waals surface area (Å²) in [5, 5.41) is 3.84. The van der Waals surface area contributed by atoms with Gasteiger partial charge in [-0.25, -0.2) is 0 Å². The molecule has 0 bridgehead atoms. The van der Waals surface area contributed by atoms with Crippen molar-refractivity contribution in [3.63, 3.8) is 0 Å². The van der Waals surface area contributed by atoms with Crippen molar-refractivity contribution >= 4 is 11.8 Å². The minimum absolute atomic E-state index is 0.561. The topological polar surface area (TPSA) is 15.3 Å². The maximum Gasteiger partial charge on any atom is 0.0474 e. The number of rotatable bonds is 5. The van der Waals surface area contributed by atoms with Gasteiger partial charge in [0.15, 0.2) is 0 Å². The van der Waals surface area contributed by atoms with Gasteiger partial charge in [-0.2, -0.15) is 11.8 Å². The van der Waals surface area contributed by atoms with Crippen molar-refractivity contribution in [2.24, 2.45) is 5.92 Å². The lowest BCUT2D eigenvalue weighted by atomic mass is 9.99. The number of hydrogen-bond acceptors (Lipinski definition) is 3. The third kappa shape index (κ3) is 3.01. The number of hydrogen-bond donors (Lipinski definition) is 1. The van der Waals surface area contributed by atoms with Crippen molar-refractivity contribution in [2.75, 3.05) is 25.9 Å². The number of benzene rings is 1. The van der Waals surface area contributed by atoms with Gasteiger partial charge in [-0.1, -0.05) is 30.3 Å². The van der Waals surface area contributed by atoms with Crippen molar-refractivity contribution in [3.8, 4) is 0 Å². The van der Waals surface area contributed by atoms with Gasteiger partial charge >= 0.3 is 0 Å². The molecule has 3 fully saturated rings. The minimum atomic E-state index is 0.561. The zero-order valence-corrected chi connectivity index (χ0v) is 13.7. The summed E-state index contributed by atoms with van der Waals surface area (Å²) in [6.45, 7) is 3.64. The molecule has 2 saturated carbocycles. The van der Waals surface area contributed by atoms with Gasteiger partial charge in [0.05, 0.1) is 0 Å². The number of piperazine rings is 1. The highest BCUT2D eigenvalue weighted by Gasteiger charge is 2.46. The van der Waals surface area contributed by atoms with E-state index in [0.29, 0.717) is 10.8 Å². The van der Waals surface area contributed by atoms with E-state index in [2.05, 4.69) is 58.6 Å². The Hall–Kier alpha value is -0.510. The fourth-order valence-corrected chi connectivity index (χ4v) is 4.57. The molecule has 1 heterocycles. The highest BCUT2D eigenvalue weighted by molar-refractivity contribution is 8.00. The third-order valence-electron chi connectivity index (χ3n) is 5.55. The lowest BCUT2D eigenvalue weighted by Gasteiger charge is -2.42. The van der Waals surface area contributed by atoms with E-state index in [0.717, 1.165) is 18.5 Å². The monoisotopic (exact) mass is 302 g/mol. The first kappa shape index (κ1) is 14.1. The van der Waals surface area contributed by atoms with Crippen LogP contribution in [-0.4, -0.2) is 41.6 Å². The summed E-state index contributed by atoms with van der Waals surface area (Å²) in [4.78, 5) is 2.79. The van der Waals surface area contributed by atoms with Crippen molar-refractivity contribution in [1.82, 2.24) is 10.2 Å². The predicted octanol–water partition coefficient (Wildman–Crippen LogP) is 3.31. The average molecular weight is 302 g/mol. The van der Waals surface area contributed by atoms with Crippen LogP contribution in [0, 0.1) is 5.92 Å². The second-order valence-corrected chi connectivity index (χ2v) is 8.37. The number of thioether (sulfide) groups is 1.